The van der Waals surface area contributed by atoms with Crippen molar-refractivity contribution >= 4 is 6.08 Å². The number of ether oxygens (including phenoxy) is 1. The van der Waals surface area contributed by atoms with Gasteiger partial charge in [-0.15, -0.1) is 0 Å². The summed E-state index contributed by atoms with van der Waals surface area (Å²) in [6, 6.07) is 5.31. The quantitative estimate of drug-likeness (QED) is 0.821. The Morgan fingerprint density at radius 2 is 2.25 bits per heavy atom. The third-order valence-electron chi connectivity index (χ3n) is 2.40. The zero-order valence-corrected chi connectivity index (χ0v) is 10.0. The van der Waals surface area contributed by atoms with Gasteiger partial charge in [0.2, 0.25) is 0 Å². The van der Waals surface area contributed by atoms with Crippen molar-refractivity contribution in [2.45, 2.75) is 26.8 Å². The van der Waals surface area contributed by atoms with Crippen molar-refractivity contribution in [1.29, 1.82) is 0 Å². The molecule has 0 heterocycles. The lowest BCUT2D eigenvalue weighted by Gasteiger charge is -2.08. The van der Waals surface area contributed by atoms with Gasteiger partial charge in [0.25, 0.3) is 0 Å². The average molecular weight is 221 g/mol. The number of nitrogens with two attached hydrogens (primary N) is 1. The van der Waals surface area contributed by atoms with Crippen molar-refractivity contribution in [3.05, 3.63) is 29.3 Å². The van der Waals surface area contributed by atoms with Gasteiger partial charge in [-0.2, -0.15) is 0 Å². The lowest BCUT2D eigenvalue weighted by atomic mass is 10.1. The van der Waals surface area contributed by atoms with E-state index >= 15 is 0 Å². The Morgan fingerprint density at radius 3 is 2.81 bits per heavy atom. The Balaban J connectivity index is 2.99. The molecule has 16 heavy (non-hydrogen) atoms. The van der Waals surface area contributed by atoms with E-state index in [0.29, 0.717) is 12.4 Å². The van der Waals surface area contributed by atoms with Gasteiger partial charge in [0.05, 0.1) is 6.61 Å². The Morgan fingerprint density at radius 1 is 1.56 bits per heavy atom. The highest BCUT2D eigenvalue weighted by molar-refractivity contribution is 5.58. The minimum Gasteiger partial charge on any atom is -0.504 e. The zero-order chi connectivity index (χ0) is 12.1. The fraction of sp³-hybridized carbons (Fsp3) is 0.385. The standard InChI is InChI=1S/C13H19NO2/c1-4-16-13-8-11(5-6-12(13)15)7-9(2)10(3)14/h5-8,10,15H,4,14H2,1-3H3/b9-7-. The third-order valence-corrected chi connectivity index (χ3v) is 2.40. The number of aromatic hydroxyl groups is 1. The molecule has 1 unspecified atom stereocenters. The molecule has 1 aromatic carbocycles. The average Bonchev–Trinajstić information content (AvgIpc) is 2.23. The minimum atomic E-state index is 0.0318. The molecule has 0 radical (unpaired) electrons. The van der Waals surface area contributed by atoms with E-state index in [1.807, 2.05) is 39.0 Å². The molecule has 1 rings (SSSR count). The normalized spacial score (nSPS) is 13.6. The number of rotatable bonds is 4. The van der Waals surface area contributed by atoms with Crippen molar-refractivity contribution in [3.8, 4) is 11.5 Å². The fourth-order valence-electron chi connectivity index (χ4n) is 1.29. The summed E-state index contributed by atoms with van der Waals surface area (Å²) in [5.41, 5.74) is 7.83. The van der Waals surface area contributed by atoms with Crippen LogP contribution < -0.4 is 10.5 Å². The molecule has 0 aromatic heterocycles. The number of benzene rings is 1. The topological polar surface area (TPSA) is 55.5 Å². The van der Waals surface area contributed by atoms with E-state index in [9.17, 15) is 5.11 Å². The van der Waals surface area contributed by atoms with Crippen LogP contribution in [0.25, 0.3) is 6.08 Å². The van der Waals surface area contributed by atoms with Crippen LogP contribution >= 0.6 is 0 Å². The van der Waals surface area contributed by atoms with Crippen LogP contribution in [0, 0.1) is 0 Å². The fourth-order valence-corrected chi connectivity index (χ4v) is 1.29. The summed E-state index contributed by atoms with van der Waals surface area (Å²) in [6.07, 6.45) is 1.99. The molecule has 0 aliphatic heterocycles. The second-order valence-electron chi connectivity index (χ2n) is 3.84. The van der Waals surface area contributed by atoms with Crippen LogP contribution in [0.15, 0.2) is 23.8 Å². The maximum atomic E-state index is 9.54. The van der Waals surface area contributed by atoms with Crippen molar-refractivity contribution in [3.63, 3.8) is 0 Å². The lowest BCUT2D eigenvalue weighted by Crippen LogP contribution is -2.15. The van der Waals surface area contributed by atoms with E-state index in [4.69, 9.17) is 10.5 Å². The van der Waals surface area contributed by atoms with Gasteiger partial charge in [-0.1, -0.05) is 17.7 Å². The Bertz CT molecular complexity index is 384. The van der Waals surface area contributed by atoms with Crippen molar-refractivity contribution in [2.24, 2.45) is 5.73 Å². The minimum absolute atomic E-state index is 0.0318. The molecule has 0 spiro atoms. The highest BCUT2D eigenvalue weighted by Gasteiger charge is 2.03. The van der Waals surface area contributed by atoms with Gasteiger partial charge in [0, 0.05) is 6.04 Å². The van der Waals surface area contributed by atoms with Gasteiger partial charge < -0.3 is 15.6 Å². The van der Waals surface area contributed by atoms with Crippen molar-refractivity contribution in [1.82, 2.24) is 0 Å². The van der Waals surface area contributed by atoms with E-state index in [1.54, 1.807) is 6.07 Å². The van der Waals surface area contributed by atoms with Crippen LogP contribution in [0.4, 0.5) is 0 Å². The summed E-state index contributed by atoms with van der Waals surface area (Å²) in [5.74, 6) is 0.672. The maximum Gasteiger partial charge on any atom is 0.161 e. The molecule has 0 bridgehead atoms. The van der Waals surface area contributed by atoms with Gasteiger partial charge in [-0.05, 0) is 38.5 Å². The summed E-state index contributed by atoms with van der Waals surface area (Å²) in [4.78, 5) is 0. The summed E-state index contributed by atoms with van der Waals surface area (Å²) < 4.78 is 5.31. The largest absolute Gasteiger partial charge is 0.504 e. The van der Waals surface area contributed by atoms with Gasteiger partial charge in [0.1, 0.15) is 0 Å². The predicted molar refractivity (Wildman–Crippen MR) is 66.6 cm³/mol. The summed E-state index contributed by atoms with van der Waals surface area (Å²) in [5, 5.41) is 9.54. The zero-order valence-electron chi connectivity index (χ0n) is 10.0. The third kappa shape index (κ3) is 3.28. The van der Waals surface area contributed by atoms with Crippen LogP contribution in [0.3, 0.4) is 0 Å². The lowest BCUT2D eigenvalue weighted by molar-refractivity contribution is 0.318. The maximum absolute atomic E-state index is 9.54. The molecule has 1 atom stereocenters. The Hall–Kier alpha value is -1.48. The molecule has 0 fully saturated rings. The monoisotopic (exact) mass is 221 g/mol. The molecule has 3 heteroatoms. The van der Waals surface area contributed by atoms with E-state index < -0.39 is 0 Å². The van der Waals surface area contributed by atoms with Crippen LogP contribution in [0.1, 0.15) is 26.3 Å². The van der Waals surface area contributed by atoms with Gasteiger partial charge in [-0.3, -0.25) is 0 Å². The molecule has 3 N–H and O–H groups in total. The van der Waals surface area contributed by atoms with Crippen molar-refractivity contribution in [2.75, 3.05) is 6.61 Å². The number of hydrogen-bond acceptors (Lipinski definition) is 3. The number of phenolic OH excluding ortho intramolecular Hbond substituents is 1. The first-order valence-electron chi connectivity index (χ1n) is 5.44. The van der Waals surface area contributed by atoms with Crippen LogP contribution in [-0.2, 0) is 0 Å². The van der Waals surface area contributed by atoms with Gasteiger partial charge >= 0.3 is 0 Å². The molecule has 1 aromatic rings. The molecule has 0 aliphatic rings. The molecule has 3 nitrogen and oxygen atoms in total. The highest BCUT2D eigenvalue weighted by atomic mass is 16.5. The first-order valence-corrected chi connectivity index (χ1v) is 5.44. The second kappa shape index (κ2) is 5.56. The van der Waals surface area contributed by atoms with Gasteiger partial charge in [-0.25, -0.2) is 0 Å². The molecular formula is C13H19NO2. The molecule has 88 valence electrons. The first kappa shape index (κ1) is 12.6. The van der Waals surface area contributed by atoms with E-state index in [2.05, 4.69) is 0 Å². The highest BCUT2D eigenvalue weighted by Crippen LogP contribution is 2.27. The second-order valence-corrected chi connectivity index (χ2v) is 3.84. The first-order chi connectivity index (χ1) is 7.54. The molecule has 0 amide bonds. The smallest absolute Gasteiger partial charge is 0.161 e. The van der Waals surface area contributed by atoms with Crippen LogP contribution in [0.2, 0.25) is 0 Å². The number of phenols is 1. The van der Waals surface area contributed by atoms with Crippen molar-refractivity contribution < 1.29 is 9.84 Å². The Kier molecular flexibility index (Phi) is 4.38. The van der Waals surface area contributed by atoms with Crippen LogP contribution in [-0.4, -0.2) is 17.8 Å². The molecular weight excluding hydrogens is 202 g/mol. The molecule has 0 saturated carbocycles. The SMILES string of the molecule is CCOc1cc(/C=C(/C)C(C)N)ccc1O. The molecule has 0 saturated heterocycles. The predicted octanol–water partition coefficient (Wildman–Crippen LogP) is 2.54. The summed E-state index contributed by atoms with van der Waals surface area (Å²) in [7, 11) is 0. The summed E-state index contributed by atoms with van der Waals surface area (Å²) in [6.45, 7) is 6.34. The van der Waals surface area contributed by atoms with Gasteiger partial charge in [0.15, 0.2) is 11.5 Å². The van der Waals surface area contributed by atoms with E-state index in [0.717, 1.165) is 11.1 Å². The number of hydrogen-bond donors (Lipinski definition) is 2. The summed E-state index contributed by atoms with van der Waals surface area (Å²) >= 11 is 0. The Labute approximate surface area is 96.5 Å². The van der Waals surface area contributed by atoms with Crippen LogP contribution in [0.5, 0.6) is 11.5 Å². The molecule has 0 aliphatic carbocycles. The van der Waals surface area contributed by atoms with E-state index in [-0.39, 0.29) is 11.8 Å². The van der Waals surface area contributed by atoms with E-state index in [1.165, 1.54) is 0 Å².